The van der Waals surface area contributed by atoms with Crippen molar-refractivity contribution in [3.63, 3.8) is 0 Å². The average Bonchev–Trinajstić information content (AvgIpc) is 2.62. The van der Waals surface area contributed by atoms with Crippen molar-refractivity contribution < 1.29 is 9.59 Å². The van der Waals surface area contributed by atoms with Crippen LogP contribution in [0.1, 0.15) is 51.0 Å². The SMILES string of the molecule is CCN(CCC(=O)C1CCCCC1)C(=O)/C=C/c1ccccc1. The molecular weight excluding hydrogens is 286 g/mol. The van der Waals surface area contributed by atoms with Crippen LogP contribution in [0.3, 0.4) is 0 Å². The third kappa shape index (κ3) is 5.66. The van der Waals surface area contributed by atoms with Gasteiger partial charge in [-0.05, 0) is 31.4 Å². The predicted octanol–water partition coefficient (Wildman–Crippen LogP) is 4.09. The van der Waals surface area contributed by atoms with Crippen LogP contribution in [-0.4, -0.2) is 29.7 Å². The van der Waals surface area contributed by atoms with Crippen molar-refractivity contribution >= 4 is 17.8 Å². The minimum absolute atomic E-state index is 0.0206. The van der Waals surface area contributed by atoms with E-state index in [-0.39, 0.29) is 11.8 Å². The monoisotopic (exact) mass is 313 g/mol. The van der Waals surface area contributed by atoms with E-state index in [1.807, 2.05) is 43.3 Å². The minimum Gasteiger partial charge on any atom is -0.339 e. The number of carbonyl (C=O) groups excluding carboxylic acids is 2. The third-order valence-electron chi connectivity index (χ3n) is 4.60. The number of Topliss-reactive ketones (excluding diaryl/α,β-unsaturated/α-hetero) is 1. The Morgan fingerprint density at radius 3 is 2.48 bits per heavy atom. The average molecular weight is 313 g/mol. The molecule has 23 heavy (non-hydrogen) atoms. The van der Waals surface area contributed by atoms with Crippen molar-refractivity contribution in [2.24, 2.45) is 5.92 Å². The molecule has 1 aliphatic rings. The molecule has 0 radical (unpaired) electrons. The topological polar surface area (TPSA) is 37.4 Å². The van der Waals surface area contributed by atoms with Crippen LogP contribution >= 0.6 is 0 Å². The summed E-state index contributed by atoms with van der Waals surface area (Å²) in [5, 5.41) is 0. The minimum atomic E-state index is -0.0206. The van der Waals surface area contributed by atoms with E-state index in [9.17, 15) is 9.59 Å². The van der Waals surface area contributed by atoms with E-state index in [4.69, 9.17) is 0 Å². The van der Waals surface area contributed by atoms with E-state index in [0.29, 0.717) is 25.3 Å². The first kappa shape index (κ1) is 17.5. The molecule has 3 heteroatoms. The molecule has 0 spiro atoms. The van der Waals surface area contributed by atoms with Gasteiger partial charge < -0.3 is 4.90 Å². The second-order valence-electron chi connectivity index (χ2n) is 6.21. The first-order valence-corrected chi connectivity index (χ1v) is 8.75. The summed E-state index contributed by atoms with van der Waals surface area (Å²) < 4.78 is 0. The van der Waals surface area contributed by atoms with Crippen molar-refractivity contribution in [3.8, 4) is 0 Å². The van der Waals surface area contributed by atoms with Gasteiger partial charge in [-0.3, -0.25) is 9.59 Å². The number of hydrogen-bond donors (Lipinski definition) is 0. The van der Waals surface area contributed by atoms with Gasteiger partial charge >= 0.3 is 0 Å². The summed E-state index contributed by atoms with van der Waals surface area (Å²) in [6, 6.07) is 9.78. The molecule has 0 atom stereocenters. The van der Waals surface area contributed by atoms with Crippen molar-refractivity contribution in [3.05, 3.63) is 42.0 Å². The summed E-state index contributed by atoms with van der Waals surface area (Å²) in [6.45, 7) is 3.12. The first-order valence-electron chi connectivity index (χ1n) is 8.75. The van der Waals surface area contributed by atoms with Gasteiger partial charge in [0.2, 0.25) is 5.91 Å². The highest BCUT2D eigenvalue weighted by Gasteiger charge is 2.21. The van der Waals surface area contributed by atoms with Crippen molar-refractivity contribution in [2.75, 3.05) is 13.1 Å². The molecule has 1 aliphatic carbocycles. The summed E-state index contributed by atoms with van der Waals surface area (Å²) in [5.41, 5.74) is 1.01. The van der Waals surface area contributed by atoms with Crippen LogP contribution in [0.15, 0.2) is 36.4 Å². The molecule has 1 aromatic rings. The van der Waals surface area contributed by atoms with E-state index < -0.39 is 0 Å². The molecule has 0 heterocycles. The molecule has 1 saturated carbocycles. The number of likely N-dealkylation sites (N-methyl/N-ethyl adjacent to an activating group) is 1. The van der Waals surface area contributed by atoms with Crippen LogP contribution in [0.4, 0.5) is 0 Å². The van der Waals surface area contributed by atoms with E-state index in [2.05, 4.69) is 0 Å². The molecule has 124 valence electrons. The quantitative estimate of drug-likeness (QED) is 0.711. The maximum atomic E-state index is 12.3. The summed E-state index contributed by atoms with van der Waals surface area (Å²) in [5.74, 6) is 0.549. The van der Waals surface area contributed by atoms with Gasteiger partial charge in [-0.15, -0.1) is 0 Å². The molecule has 0 bridgehead atoms. The zero-order valence-corrected chi connectivity index (χ0v) is 14.0. The normalized spacial score (nSPS) is 15.7. The molecule has 3 nitrogen and oxygen atoms in total. The molecule has 0 N–H and O–H groups in total. The van der Waals surface area contributed by atoms with Gasteiger partial charge in [0.25, 0.3) is 0 Å². The predicted molar refractivity (Wildman–Crippen MR) is 93.9 cm³/mol. The van der Waals surface area contributed by atoms with Gasteiger partial charge in [0, 0.05) is 31.5 Å². The highest BCUT2D eigenvalue weighted by molar-refractivity contribution is 5.92. The second-order valence-corrected chi connectivity index (χ2v) is 6.21. The number of hydrogen-bond acceptors (Lipinski definition) is 2. The summed E-state index contributed by atoms with van der Waals surface area (Å²) in [4.78, 5) is 26.3. The van der Waals surface area contributed by atoms with E-state index in [1.54, 1.807) is 11.0 Å². The van der Waals surface area contributed by atoms with Gasteiger partial charge in [0.05, 0.1) is 0 Å². The van der Waals surface area contributed by atoms with Gasteiger partial charge in [-0.25, -0.2) is 0 Å². The van der Waals surface area contributed by atoms with Crippen LogP contribution < -0.4 is 0 Å². The van der Waals surface area contributed by atoms with Crippen LogP contribution in [0, 0.1) is 5.92 Å². The summed E-state index contributed by atoms with van der Waals surface area (Å²) in [6.07, 6.45) is 9.59. The second kappa shape index (κ2) is 9.29. The molecule has 2 rings (SSSR count). The number of benzene rings is 1. The fraction of sp³-hybridized carbons (Fsp3) is 0.500. The van der Waals surface area contributed by atoms with Gasteiger partial charge in [-0.1, -0.05) is 49.6 Å². The Morgan fingerprint density at radius 1 is 1.13 bits per heavy atom. The van der Waals surface area contributed by atoms with Gasteiger partial charge in [0.15, 0.2) is 0 Å². The Kier molecular flexibility index (Phi) is 7.05. The Balaban J connectivity index is 1.82. The largest absolute Gasteiger partial charge is 0.339 e. The van der Waals surface area contributed by atoms with E-state index in [0.717, 1.165) is 18.4 Å². The molecule has 1 fully saturated rings. The number of nitrogens with zero attached hydrogens (tertiary/aromatic N) is 1. The third-order valence-corrected chi connectivity index (χ3v) is 4.60. The molecule has 0 saturated heterocycles. The van der Waals surface area contributed by atoms with Crippen molar-refractivity contribution in [1.82, 2.24) is 4.90 Å². The van der Waals surface area contributed by atoms with Crippen LogP contribution in [0.2, 0.25) is 0 Å². The highest BCUT2D eigenvalue weighted by atomic mass is 16.2. The Bertz CT molecular complexity index is 530. The summed E-state index contributed by atoms with van der Waals surface area (Å²) >= 11 is 0. The maximum absolute atomic E-state index is 12.3. The highest BCUT2D eigenvalue weighted by Crippen LogP contribution is 2.25. The number of amides is 1. The maximum Gasteiger partial charge on any atom is 0.246 e. The molecule has 0 unspecified atom stereocenters. The fourth-order valence-electron chi connectivity index (χ4n) is 3.14. The van der Waals surface area contributed by atoms with E-state index >= 15 is 0 Å². The first-order chi connectivity index (χ1) is 11.2. The zero-order valence-electron chi connectivity index (χ0n) is 14.0. The molecule has 1 amide bonds. The molecule has 0 aliphatic heterocycles. The van der Waals surface area contributed by atoms with Crippen LogP contribution in [0.25, 0.3) is 6.08 Å². The smallest absolute Gasteiger partial charge is 0.246 e. The lowest BCUT2D eigenvalue weighted by Crippen LogP contribution is -2.32. The van der Waals surface area contributed by atoms with Gasteiger partial charge in [0.1, 0.15) is 5.78 Å². The summed E-state index contributed by atoms with van der Waals surface area (Å²) in [7, 11) is 0. The zero-order chi connectivity index (χ0) is 16.5. The molecule has 0 aromatic heterocycles. The lowest BCUT2D eigenvalue weighted by Gasteiger charge is -2.23. The molecular formula is C20H27NO2. The van der Waals surface area contributed by atoms with Crippen LogP contribution in [0.5, 0.6) is 0 Å². The Labute approximate surface area is 139 Å². The Morgan fingerprint density at radius 2 is 1.83 bits per heavy atom. The van der Waals surface area contributed by atoms with E-state index in [1.165, 1.54) is 19.3 Å². The number of ketones is 1. The van der Waals surface area contributed by atoms with Gasteiger partial charge in [-0.2, -0.15) is 0 Å². The lowest BCUT2D eigenvalue weighted by atomic mass is 9.85. The fourth-order valence-corrected chi connectivity index (χ4v) is 3.14. The van der Waals surface area contributed by atoms with Crippen molar-refractivity contribution in [1.29, 1.82) is 0 Å². The molecule has 1 aromatic carbocycles. The van der Waals surface area contributed by atoms with Crippen molar-refractivity contribution in [2.45, 2.75) is 45.4 Å². The lowest BCUT2D eigenvalue weighted by molar-refractivity contribution is -0.127. The van der Waals surface area contributed by atoms with Crippen LogP contribution in [-0.2, 0) is 9.59 Å². The number of rotatable bonds is 7. The number of carbonyl (C=O) groups is 2. The Hall–Kier alpha value is -1.90. The standard InChI is InChI=1S/C20H27NO2/c1-2-21(16-15-19(22)18-11-7-4-8-12-18)20(23)14-13-17-9-5-3-6-10-17/h3,5-6,9-10,13-14,18H,2,4,7-8,11-12,15-16H2,1H3/b14-13+.